The number of pyridine rings is 1. The Morgan fingerprint density at radius 3 is 2.47 bits per heavy atom. The van der Waals surface area contributed by atoms with Gasteiger partial charge in [0.15, 0.2) is 12.4 Å². The largest absolute Gasteiger partial charge is 0.454 e. The summed E-state index contributed by atoms with van der Waals surface area (Å²) in [6.07, 6.45) is 3.67. The molecule has 0 N–H and O–H groups in total. The molecular formula is C24H21NO5. The first kappa shape index (κ1) is 19.8. The summed E-state index contributed by atoms with van der Waals surface area (Å²) in [5, 5.41) is 0.751. The van der Waals surface area contributed by atoms with Gasteiger partial charge in [0.2, 0.25) is 0 Å². The van der Waals surface area contributed by atoms with Gasteiger partial charge in [-0.25, -0.2) is 4.79 Å². The van der Waals surface area contributed by atoms with Gasteiger partial charge in [0.1, 0.15) is 5.75 Å². The number of carbonyl (C=O) groups is 3. The van der Waals surface area contributed by atoms with Crippen molar-refractivity contribution < 1.29 is 23.9 Å². The molecule has 0 bridgehead atoms. The molecule has 6 heteroatoms. The maximum Gasteiger partial charge on any atom is 0.339 e. The molecule has 1 aliphatic rings. The lowest BCUT2D eigenvalue weighted by molar-refractivity contribution is -0.131. The van der Waals surface area contributed by atoms with Crippen LogP contribution in [0.25, 0.3) is 10.9 Å². The van der Waals surface area contributed by atoms with Crippen molar-refractivity contribution in [2.45, 2.75) is 32.6 Å². The van der Waals surface area contributed by atoms with Gasteiger partial charge in [-0.15, -0.1) is 0 Å². The molecular weight excluding hydrogens is 382 g/mol. The van der Waals surface area contributed by atoms with Crippen LogP contribution in [-0.4, -0.2) is 29.3 Å². The van der Waals surface area contributed by atoms with E-state index in [0.29, 0.717) is 16.9 Å². The highest BCUT2D eigenvalue weighted by molar-refractivity contribution is 6.06. The van der Waals surface area contributed by atoms with Crippen LogP contribution in [0.3, 0.4) is 0 Å². The minimum absolute atomic E-state index is 0.329. The number of benzene rings is 2. The maximum absolute atomic E-state index is 13.0. The molecule has 0 amide bonds. The topological polar surface area (TPSA) is 82.6 Å². The minimum Gasteiger partial charge on any atom is -0.454 e. The van der Waals surface area contributed by atoms with E-state index in [9.17, 15) is 14.4 Å². The molecule has 0 saturated heterocycles. The molecule has 0 unspecified atom stereocenters. The lowest BCUT2D eigenvalue weighted by Crippen LogP contribution is -2.18. The highest BCUT2D eigenvalue weighted by atomic mass is 16.5. The molecule has 6 nitrogen and oxygen atoms in total. The molecule has 0 atom stereocenters. The predicted molar refractivity (Wildman–Crippen MR) is 111 cm³/mol. The number of hydrogen-bond acceptors (Lipinski definition) is 6. The first-order valence-corrected chi connectivity index (χ1v) is 9.92. The van der Waals surface area contributed by atoms with E-state index < -0.39 is 11.9 Å². The summed E-state index contributed by atoms with van der Waals surface area (Å²) < 4.78 is 10.4. The zero-order chi connectivity index (χ0) is 21.1. The second-order valence-corrected chi connectivity index (χ2v) is 7.25. The number of ketones is 1. The molecule has 0 aliphatic heterocycles. The van der Waals surface area contributed by atoms with Crippen LogP contribution >= 0.6 is 0 Å². The Kier molecular flexibility index (Phi) is 5.57. The van der Waals surface area contributed by atoms with E-state index in [-0.39, 0.29) is 12.4 Å². The minimum atomic E-state index is -0.503. The average molecular weight is 403 g/mol. The van der Waals surface area contributed by atoms with Crippen LogP contribution in [0.2, 0.25) is 0 Å². The maximum atomic E-state index is 13.0. The number of esters is 2. The summed E-state index contributed by atoms with van der Waals surface area (Å²) in [4.78, 5) is 41.2. The molecule has 0 spiro atoms. The van der Waals surface area contributed by atoms with Crippen LogP contribution < -0.4 is 4.74 Å². The van der Waals surface area contributed by atoms with Gasteiger partial charge in [-0.05, 0) is 61.6 Å². The van der Waals surface area contributed by atoms with Crippen LogP contribution in [0.4, 0.5) is 0 Å². The third-order valence-corrected chi connectivity index (χ3v) is 5.15. The summed E-state index contributed by atoms with van der Waals surface area (Å²) >= 11 is 0. The molecule has 152 valence electrons. The second-order valence-electron chi connectivity index (χ2n) is 7.25. The number of Topliss-reactive ketones (excluding diaryl/α,β-unsaturated/α-hetero) is 1. The van der Waals surface area contributed by atoms with E-state index in [0.717, 1.165) is 47.8 Å². The normalized spacial score (nSPS) is 12.8. The van der Waals surface area contributed by atoms with Gasteiger partial charge in [0.25, 0.3) is 0 Å². The number of carbonyl (C=O) groups excluding carboxylic acids is 3. The quantitative estimate of drug-likeness (QED) is 0.363. The monoisotopic (exact) mass is 403 g/mol. The molecule has 2 aromatic carbocycles. The van der Waals surface area contributed by atoms with Crippen molar-refractivity contribution in [2.24, 2.45) is 0 Å². The van der Waals surface area contributed by atoms with Crippen molar-refractivity contribution in [3.63, 3.8) is 0 Å². The summed E-state index contributed by atoms with van der Waals surface area (Å²) in [5.74, 6) is -0.913. The van der Waals surface area contributed by atoms with Crippen LogP contribution in [0.5, 0.6) is 5.75 Å². The SMILES string of the molecule is CC(=O)Oc1ccc(C(=O)COC(=O)c2c3c(nc4ccccc24)CCCC3)cc1. The fourth-order valence-corrected chi connectivity index (χ4v) is 3.77. The highest BCUT2D eigenvalue weighted by Gasteiger charge is 2.24. The van der Waals surface area contributed by atoms with Gasteiger partial charge in [-0.3, -0.25) is 14.6 Å². The number of aryl methyl sites for hydroxylation is 1. The van der Waals surface area contributed by atoms with Gasteiger partial charge in [-0.2, -0.15) is 0 Å². The molecule has 0 radical (unpaired) electrons. The Labute approximate surface area is 173 Å². The van der Waals surface area contributed by atoms with E-state index in [1.807, 2.05) is 24.3 Å². The Morgan fingerprint density at radius 2 is 1.70 bits per heavy atom. The van der Waals surface area contributed by atoms with E-state index in [1.165, 1.54) is 31.2 Å². The number of aromatic nitrogens is 1. The summed E-state index contributed by atoms with van der Waals surface area (Å²) in [7, 11) is 0. The van der Waals surface area contributed by atoms with Crippen molar-refractivity contribution in [2.75, 3.05) is 6.61 Å². The first-order valence-electron chi connectivity index (χ1n) is 9.92. The number of fused-ring (bicyclic) bond motifs is 2. The van der Waals surface area contributed by atoms with Crippen LogP contribution in [-0.2, 0) is 22.4 Å². The van der Waals surface area contributed by atoms with Crippen molar-refractivity contribution >= 4 is 28.6 Å². The standard InChI is InChI=1S/C24H21NO5/c1-15(26)30-17-12-10-16(11-13-17)22(27)14-29-24(28)23-18-6-2-4-8-20(18)25-21-9-5-3-7-19(21)23/h2,4,6,8,10-13H,3,5,7,9,14H2,1H3. The van der Waals surface area contributed by atoms with Crippen molar-refractivity contribution in [3.05, 3.63) is 70.9 Å². The molecule has 1 heterocycles. The van der Waals surface area contributed by atoms with E-state index in [4.69, 9.17) is 14.5 Å². The Balaban J connectivity index is 1.54. The van der Waals surface area contributed by atoms with Crippen molar-refractivity contribution in [1.29, 1.82) is 0 Å². The van der Waals surface area contributed by atoms with E-state index in [1.54, 1.807) is 0 Å². The van der Waals surface area contributed by atoms with Gasteiger partial charge < -0.3 is 9.47 Å². The zero-order valence-electron chi connectivity index (χ0n) is 16.6. The average Bonchev–Trinajstić information content (AvgIpc) is 2.75. The Hall–Kier alpha value is -3.54. The van der Waals surface area contributed by atoms with Crippen molar-refractivity contribution in [3.8, 4) is 5.75 Å². The van der Waals surface area contributed by atoms with Gasteiger partial charge in [-0.1, -0.05) is 18.2 Å². The predicted octanol–water partition coefficient (Wildman–Crippen LogP) is 4.08. The second kappa shape index (κ2) is 8.45. The van der Waals surface area contributed by atoms with Crippen LogP contribution in [0.15, 0.2) is 48.5 Å². The fourth-order valence-electron chi connectivity index (χ4n) is 3.77. The lowest BCUT2D eigenvalue weighted by Gasteiger charge is -2.19. The number of para-hydroxylation sites is 1. The number of rotatable bonds is 5. The molecule has 0 saturated carbocycles. The molecule has 4 rings (SSSR count). The Bertz CT molecular complexity index is 1130. The molecule has 0 fully saturated rings. The third-order valence-electron chi connectivity index (χ3n) is 5.15. The van der Waals surface area contributed by atoms with Gasteiger partial charge >= 0.3 is 11.9 Å². The summed E-state index contributed by atoms with van der Waals surface area (Å²) in [6, 6.07) is 13.7. The summed E-state index contributed by atoms with van der Waals surface area (Å²) in [5.41, 5.74) is 3.54. The molecule has 3 aromatic rings. The van der Waals surface area contributed by atoms with E-state index in [2.05, 4.69) is 0 Å². The van der Waals surface area contributed by atoms with Gasteiger partial charge in [0.05, 0.1) is 11.1 Å². The van der Waals surface area contributed by atoms with Crippen LogP contribution in [0.1, 0.15) is 51.7 Å². The smallest absolute Gasteiger partial charge is 0.339 e. The summed E-state index contributed by atoms with van der Waals surface area (Å²) in [6.45, 7) is 0.942. The van der Waals surface area contributed by atoms with Crippen molar-refractivity contribution in [1.82, 2.24) is 4.98 Å². The molecule has 30 heavy (non-hydrogen) atoms. The number of ether oxygens (including phenoxy) is 2. The highest BCUT2D eigenvalue weighted by Crippen LogP contribution is 2.29. The third kappa shape index (κ3) is 4.08. The molecule has 1 aromatic heterocycles. The number of nitrogens with zero attached hydrogens (tertiary/aromatic N) is 1. The van der Waals surface area contributed by atoms with Gasteiger partial charge in [0, 0.05) is 23.6 Å². The molecule has 1 aliphatic carbocycles. The van der Waals surface area contributed by atoms with E-state index >= 15 is 0 Å². The lowest BCUT2D eigenvalue weighted by atomic mass is 9.90. The van der Waals surface area contributed by atoms with Crippen LogP contribution in [0, 0.1) is 0 Å². The Morgan fingerprint density at radius 1 is 0.967 bits per heavy atom. The zero-order valence-corrected chi connectivity index (χ0v) is 16.6. The number of hydrogen-bond donors (Lipinski definition) is 0. The first-order chi connectivity index (χ1) is 14.5. The fraction of sp³-hybridized carbons (Fsp3) is 0.250.